The van der Waals surface area contributed by atoms with Crippen molar-refractivity contribution in [3.8, 4) is 11.1 Å². The summed E-state index contributed by atoms with van der Waals surface area (Å²) in [6.45, 7) is 21.5. The number of benzene rings is 5. The number of anilines is 2. The molecule has 0 bridgehead atoms. The van der Waals surface area contributed by atoms with E-state index < -0.39 is 61.1 Å². The van der Waals surface area contributed by atoms with E-state index in [9.17, 15) is 34.8 Å². The van der Waals surface area contributed by atoms with Crippen LogP contribution in [0.1, 0.15) is 75.9 Å². The number of carbonyl (C=O) groups excluding carboxylic acids is 1. The molecule has 0 spiro atoms. The molecule has 77 heavy (non-hydrogen) atoms. The molecule has 5 aromatic rings. The van der Waals surface area contributed by atoms with Gasteiger partial charge in [-0.3, -0.25) is 9.69 Å². The van der Waals surface area contributed by atoms with Gasteiger partial charge in [0.05, 0.1) is 29.9 Å². The molecule has 2 aliphatic heterocycles. The van der Waals surface area contributed by atoms with Crippen molar-refractivity contribution >= 4 is 68.8 Å². The Labute approximate surface area is 464 Å². The summed E-state index contributed by atoms with van der Waals surface area (Å²) in [6, 6.07) is 34.1. The van der Waals surface area contributed by atoms with Gasteiger partial charge in [0.1, 0.15) is 4.90 Å². The molecular formula is C57H73ClF3N5O7S3Si. The van der Waals surface area contributed by atoms with Crippen LogP contribution < -0.4 is 14.9 Å². The third kappa shape index (κ3) is 15.3. The van der Waals surface area contributed by atoms with Gasteiger partial charge in [0.15, 0.2) is 8.32 Å². The van der Waals surface area contributed by atoms with E-state index >= 15 is 0 Å². The van der Waals surface area contributed by atoms with Crippen LogP contribution in [0.2, 0.25) is 23.2 Å². The van der Waals surface area contributed by atoms with Crippen molar-refractivity contribution in [2.75, 3.05) is 75.0 Å². The first-order valence-corrected chi connectivity index (χ1v) is 33.5. The van der Waals surface area contributed by atoms with Gasteiger partial charge >= 0.3 is 5.51 Å². The molecule has 2 heterocycles. The molecule has 20 heteroatoms. The van der Waals surface area contributed by atoms with Gasteiger partial charge in [-0.25, -0.2) is 21.6 Å². The smallest absolute Gasteiger partial charge is 0.410 e. The lowest BCUT2D eigenvalue weighted by Gasteiger charge is -2.44. The number of sulfone groups is 1. The number of hydrogen-bond donors (Lipinski definition) is 2. The van der Waals surface area contributed by atoms with Crippen LogP contribution in [-0.4, -0.2) is 123 Å². The van der Waals surface area contributed by atoms with Gasteiger partial charge in [-0.05, 0) is 140 Å². The number of thioether (sulfide) groups is 1. The summed E-state index contributed by atoms with van der Waals surface area (Å²) in [5.41, 5.74) is -2.09. The molecule has 0 aliphatic carbocycles. The standard InChI is InChI=1S/C57H73ClF3N5O7S3Si/c1-8-64(9-2)38-47-39-72-36-35-66(47)34-31-45(40-74-48-15-11-10-12-16-48)62-52-28-27-49(37-53(52)75(68,69)57(59,60)61)76(70,71)63-55(67)43-21-25-46(26-22-43)65-32-29-42(30-33-65)54(73-77(6,7)56(3,4)5)51-18-14-13-17-50(51)41-19-23-44(58)24-20-41/h10-28,37,42,45,47,54,62H,8-9,29-36,38-40H2,1-7H3,(H,63,67)/t45-,47+,54?/m1/s1. The van der Waals surface area contributed by atoms with Crippen LogP contribution in [-0.2, 0) is 29.0 Å². The minimum Gasteiger partial charge on any atom is -0.410 e. The largest absolute Gasteiger partial charge is 0.501 e. The van der Waals surface area contributed by atoms with E-state index in [-0.39, 0.29) is 28.7 Å². The lowest BCUT2D eigenvalue weighted by atomic mass is 9.84. The highest BCUT2D eigenvalue weighted by molar-refractivity contribution is 7.99. The number of alkyl halides is 3. The topological polar surface area (TPSA) is 138 Å². The Balaban J connectivity index is 1.07. The minimum absolute atomic E-state index is 0.0198. The summed E-state index contributed by atoms with van der Waals surface area (Å²) in [6.07, 6.45) is 1.88. The van der Waals surface area contributed by atoms with E-state index in [1.165, 1.54) is 23.9 Å². The maximum Gasteiger partial charge on any atom is 0.501 e. The van der Waals surface area contributed by atoms with E-state index in [1.807, 2.05) is 65.4 Å². The summed E-state index contributed by atoms with van der Waals surface area (Å²) in [5.74, 6) is -0.499. The first-order chi connectivity index (χ1) is 36.4. The Morgan fingerprint density at radius 1 is 0.870 bits per heavy atom. The molecule has 7 rings (SSSR count). The number of carbonyl (C=O) groups is 1. The summed E-state index contributed by atoms with van der Waals surface area (Å²) in [5, 5.41) is 3.70. The first-order valence-electron chi connectivity index (χ1n) is 26.3. The Kier molecular flexibility index (Phi) is 20.2. The third-order valence-electron chi connectivity index (χ3n) is 15.2. The Hall–Kier alpha value is -4.44. The van der Waals surface area contributed by atoms with E-state index in [4.69, 9.17) is 20.8 Å². The van der Waals surface area contributed by atoms with Crippen molar-refractivity contribution in [2.45, 2.75) is 110 Å². The second-order valence-electron chi connectivity index (χ2n) is 21.3. The average molecular weight is 1160 g/mol. The van der Waals surface area contributed by atoms with Gasteiger partial charge in [0.2, 0.25) is 0 Å². The van der Waals surface area contributed by atoms with Gasteiger partial charge in [-0.1, -0.05) is 101 Å². The summed E-state index contributed by atoms with van der Waals surface area (Å²) >= 11 is 7.74. The maximum absolute atomic E-state index is 14.5. The van der Waals surface area contributed by atoms with Crippen molar-refractivity contribution in [3.63, 3.8) is 0 Å². The number of ether oxygens (including phenoxy) is 1. The molecule has 2 fully saturated rings. The van der Waals surface area contributed by atoms with Crippen molar-refractivity contribution in [3.05, 3.63) is 137 Å². The molecule has 418 valence electrons. The highest BCUT2D eigenvalue weighted by Crippen LogP contribution is 2.46. The fourth-order valence-corrected chi connectivity index (χ4v) is 14.0. The molecule has 5 aromatic carbocycles. The predicted octanol–water partition coefficient (Wildman–Crippen LogP) is 12.4. The van der Waals surface area contributed by atoms with Crippen molar-refractivity contribution in [1.29, 1.82) is 0 Å². The molecule has 1 amide bonds. The molecule has 2 saturated heterocycles. The fraction of sp³-hybridized carbons (Fsp3) is 0.456. The van der Waals surface area contributed by atoms with Crippen LogP contribution in [0.25, 0.3) is 11.1 Å². The minimum atomic E-state index is -6.11. The normalized spacial score (nSPS) is 17.3. The summed E-state index contributed by atoms with van der Waals surface area (Å²) in [7, 11) is -13.3. The molecule has 12 nitrogen and oxygen atoms in total. The molecule has 3 atom stereocenters. The second-order valence-corrected chi connectivity index (χ2v) is 31.2. The lowest BCUT2D eigenvalue weighted by Crippen LogP contribution is -2.52. The zero-order chi connectivity index (χ0) is 55.8. The number of amides is 1. The highest BCUT2D eigenvalue weighted by Gasteiger charge is 2.49. The van der Waals surface area contributed by atoms with Gasteiger partial charge < -0.3 is 24.3 Å². The van der Waals surface area contributed by atoms with Crippen molar-refractivity contribution in [2.24, 2.45) is 5.92 Å². The van der Waals surface area contributed by atoms with E-state index in [0.717, 1.165) is 71.9 Å². The van der Waals surface area contributed by atoms with Gasteiger partial charge in [0, 0.05) is 71.7 Å². The van der Waals surface area contributed by atoms with Crippen LogP contribution in [0.3, 0.4) is 0 Å². The molecule has 0 saturated carbocycles. The monoisotopic (exact) mass is 1160 g/mol. The Bertz CT molecular complexity index is 2980. The van der Waals surface area contributed by atoms with Gasteiger partial charge in [0.25, 0.3) is 25.8 Å². The second kappa shape index (κ2) is 25.8. The lowest BCUT2D eigenvalue weighted by molar-refractivity contribution is -0.0435. The zero-order valence-electron chi connectivity index (χ0n) is 45.0. The number of hydrogen-bond acceptors (Lipinski definition) is 12. The molecule has 2 N–H and O–H groups in total. The third-order valence-corrected chi connectivity index (χ3v) is 24.0. The van der Waals surface area contributed by atoms with Crippen LogP contribution in [0, 0.1) is 5.92 Å². The number of piperidine rings is 1. The van der Waals surface area contributed by atoms with Crippen LogP contribution in [0.4, 0.5) is 24.5 Å². The SMILES string of the molecule is CCN(CC)C[C@H]1COCCN1CC[C@H](CSc1ccccc1)Nc1ccc(S(=O)(=O)NC(=O)c2ccc(N3CCC(C(O[Si](C)(C)C(C)(C)C)c4ccccc4-c4ccc(Cl)cc4)CC3)cc2)cc1S(=O)(=O)C(F)(F)F. The fourth-order valence-electron chi connectivity index (χ4n) is 9.59. The molecule has 1 unspecified atom stereocenters. The molecule has 0 aromatic heterocycles. The summed E-state index contributed by atoms with van der Waals surface area (Å²) in [4.78, 5) is 19.2. The number of likely N-dealkylation sites (N-methyl/N-ethyl adjacent to an activating group) is 1. The van der Waals surface area contributed by atoms with Crippen molar-refractivity contribution < 1.29 is 44.0 Å². The first kappa shape index (κ1) is 60.2. The number of morpholine rings is 1. The van der Waals surface area contributed by atoms with Gasteiger partial charge in [-0.15, -0.1) is 11.8 Å². The quantitative estimate of drug-likeness (QED) is 0.0504. The maximum atomic E-state index is 14.5. The van der Waals surface area contributed by atoms with Crippen LogP contribution in [0.5, 0.6) is 0 Å². The molecule has 2 aliphatic rings. The predicted molar refractivity (Wildman–Crippen MR) is 307 cm³/mol. The molecule has 0 radical (unpaired) electrons. The number of halogens is 4. The number of nitrogens with zero attached hydrogens (tertiary/aromatic N) is 3. The number of rotatable bonds is 22. The number of nitrogens with one attached hydrogen (secondary N) is 2. The van der Waals surface area contributed by atoms with Crippen LogP contribution >= 0.6 is 23.4 Å². The Morgan fingerprint density at radius 3 is 2.16 bits per heavy atom. The average Bonchev–Trinajstić information content (AvgIpc) is 3.40. The zero-order valence-corrected chi connectivity index (χ0v) is 49.2. The number of sulfonamides is 1. The van der Waals surface area contributed by atoms with E-state index in [2.05, 4.69) is 85.9 Å². The van der Waals surface area contributed by atoms with Crippen molar-refractivity contribution in [1.82, 2.24) is 14.5 Å². The van der Waals surface area contributed by atoms with E-state index in [0.29, 0.717) is 62.7 Å². The van der Waals surface area contributed by atoms with Crippen LogP contribution in [0.15, 0.2) is 136 Å². The van der Waals surface area contributed by atoms with Gasteiger partial charge in [-0.2, -0.15) is 13.2 Å². The Morgan fingerprint density at radius 2 is 1.52 bits per heavy atom. The van der Waals surface area contributed by atoms with E-state index in [1.54, 1.807) is 12.1 Å². The highest BCUT2D eigenvalue weighted by atomic mass is 35.5. The molecular weight excluding hydrogens is 1080 g/mol. The summed E-state index contributed by atoms with van der Waals surface area (Å²) < 4.78 is 113.